The van der Waals surface area contributed by atoms with Crippen LogP contribution in [0.1, 0.15) is 23.7 Å². The quantitative estimate of drug-likeness (QED) is 0.830. The van der Waals surface area contributed by atoms with Crippen molar-refractivity contribution in [2.45, 2.75) is 18.6 Å². The van der Waals surface area contributed by atoms with Crippen molar-refractivity contribution in [2.75, 3.05) is 12.8 Å². The molecule has 0 aliphatic heterocycles. The van der Waals surface area contributed by atoms with Crippen molar-refractivity contribution < 1.29 is 9.00 Å². The summed E-state index contributed by atoms with van der Waals surface area (Å²) in [4.78, 5) is 15.5. The molecule has 4 nitrogen and oxygen atoms in total. The molecule has 2 unspecified atom stereocenters. The summed E-state index contributed by atoms with van der Waals surface area (Å²) in [6.45, 7) is 2.40. The molecule has 17 heavy (non-hydrogen) atoms. The van der Waals surface area contributed by atoms with Gasteiger partial charge in [-0.05, 0) is 18.6 Å². The molecule has 6 heteroatoms. The molecule has 0 saturated heterocycles. The number of amides is 1. The van der Waals surface area contributed by atoms with E-state index < -0.39 is 10.8 Å². The van der Waals surface area contributed by atoms with E-state index in [2.05, 4.69) is 10.3 Å². The van der Waals surface area contributed by atoms with Crippen LogP contribution in [0.3, 0.4) is 0 Å². The maximum Gasteiger partial charge on any atom is 0.252 e. The number of hydrogen-bond donors (Lipinski definition) is 1. The van der Waals surface area contributed by atoms with Crippen LogP contribution in [0, 0.1) is 0 Å². The first-order valence-electron chi connectivity index (χ1n) is 5.22. The molecule has 94 valence electrons. The number of pyridine rings is 1. The molecule has 0 fully saturated rings. The van der Waals surface area contributed by atoms with Crippen LogP contribution in [0.25, 0.3) is 0 Å². The third kappa shape index (κ3) is 4.83. The third-order valence-corrected chi connectivity index (χ3v) is 3.99. The Labute approximate surface area is 108 Å². The number of rotatable bonds is 5. The summed E-state index contributed by atoms with van der Waals surface area (Å²) >= 11 is 5.62. The van der Waals surface area contributed by atoms with E-state index in [0.717, 1.165) is 0 Å². The number of nitrogens with zero attached hydrogens (tertiary/aromatic N) is 1. The molecule has 0 aromatic carbocycles. The van der Waals surface area contributed by atoms with E-state index in [4.69, 9.17) is 11.6 Å². The van der Waals surface area contributed by atoms with Crippen molar-refractivity contribution in [3.63, 3.8) is 0 Å². The van der Waals surface area contributed by atoms with E-state index in [1.807, 2.05) is 6.92 Å². The van der Waals surface area contributed by atoms with Crippen molar-refractivity contribution in [3.8, 4) is 0 Å². The molecule has 1 aromatic rings. The summed E-state index contributed by atoms with van der Waals surface area (Å²) in [5.74, 6) is -0.191. The Morgan fingerprint density at radius 3 is 2.82 bits per heavy atom. The van der Waals surface area contributed by atoms with Gasteiger partial charge in [-0.25, -0.2) is 4.98 Å². The molecule has 1 N–H and O–H groups in total. The van der Waals surface area contributed by atoms with Crippen LogP contribution in [-0.2, 0) is 10.8 Å². The van der Waals surface area contributed by atoms with E-state index in [1.54, 1.807) is 18.4 Å². The molecule has 1 heterocycles. The molecule has 0 aliphatic carbocycles. The van der Waals surface area contributed by atoms with Gasteiger partial charge in [0.05, 0.1) is 5.56 Å². The SMILES string of the molecule is CC(CCNC(=O)c1ccc(Cl)nc1)S(C)=O. The van der Waals surface area contributed by atoms with Gasteiger partial charge in [0.25, 0.3) is 5.91 Å². The highest BCUT2D eigenvalue weighted by atomic mass is 35.5. The Balaban J connectivity index is 2.40. The molecule has 1 amide bonds. The van der Waals surface area contributed by atoms with Gasteiger partial charge < -0.3 is 5.32 Å². The van der Waals surface area contributed by atoms with E-state index in [9.17, 15) is 9.00 Å². The first-order valence-corrected chi connectivity index (χ1v) is 7.22. The molecule has 1 rings (SSSR count). The van der Waals surface area contributed by atoms with E-state index in [0.29, 0.717) is 23.7 Å². The third-order valence-electron chi connectivity index (χ3n) is 2.39. The topological polar surface area (TPSA) is 59.1 Å². The normalized spacial score (nSPS) is 14.1. The fourth-order valence-corrected chi connectivity index (χ4v) is 1.73. The van der Waals surface area contributed by atoms with Crippen LogP contribution in [0.5, 0.6) is 0 Å². The predicted octanol–water partition coefficient (Wildman–Crippen LogP) is 1.62. The van der Waals surface area contributed by atoms with Gasteiger partial charge in [0, 0.05) is 35.0 Å². The molecule has 0 aliphatic rings. The van der Waals surface area contributed by atoms with Crippen LogP contribution in [0.2, 0.25) is 5.15 Å². The highest BCUT2D eigenvalue weighted by Gasteiger charge is 2.08. The number of nitrogens with one attached hydrogen (secondary N) is 1. The van der Waals surface area contributed by atoms with Gasteiger partial charge in [0.2, 0.25) is 0 Å². The lowest BCUT2D eigenvalue weighted by molar-refractivity contribution is 0.0953. The van der Waals surface area contributed by atoms with E-state index >= 15 is 0 Å². The smallest absolute Gasteiger partial charge is 0.252 e. The minimum atomic E-state index is -0.854. The Kier molecular flexibility index (Phi) is 5.58. The summed E-state index contributed by atoms with van der Waals surface area (Å²) in [6.07, 6.45) is 3.78. The zero-order valence-electron chi connectivity index (χ0n) is 9.77. The van der Waals surface area contributed by atoms with Gasteiger partial charge in [-0.15, -0.1) is 0 Å². The average Bonchev–Trinajstić information content (AvgIpc) is 2.29. The van der Waals surface area contributed by atoms with Crippen molar-refractivity contribution in [2.24, 2.45) is 0 Å². The van der Waals surface area contributed by atoms with Crippen LogP contribution in [0.4, 0.5) is 0 Å². The molecule has 0 saturated carbocycles. The minimum Gasteiger partial charge on any atom is -0.352 e. The molecule has 1 aromatic heterocycles. The average molecular weight is 275 g/mol. The maximum absolute atomic E-state index is 11.6. The Morgan fingerprint density at radius 2 is 2.29 bits per heavy atom. The lowest BCUT2D eigenvalue weighted by atomic mass is 10.2. The summed E-state index contributed by atoms with van der Waals surface area (Å²) in [6, 6.07) is 3.19. The summed E-state index contributed by atoms with van der Waals surface area (Å²) < 4.78 is 11.1. The lowest BCUT2D eigenvalue weighted by Gasteiger charge is -2.09. The number of halogens is 1. The number of hydrogen-bond acceptors (Lipinski definition) is 3. The minimum absolute atomic E-state index is 0.0821. The summed E-state index contributed by atoms with van der Waals surface area (Å²) in [7, 11) is -0.854. The van der Waals surface area contributed by atoms with Gasteiger partial charge >= 0.3 is 0 Å². The molecular weight excluding hydrogens is 260 g/mol. The zero-order chi connectivity index (χ0) is 12.8. The van der Waals surface area contributed by atoms with E-state index in [-0.39, 0.29) is 11.2 Å². The Hall–Kier alpha value is -0.940. The van der Waals surface area contributed by atoms with Crippen LogP contribution < -0.4 is 5.32 Å². The van der Waals surface area contributed by atoms with Gasteiger partial charge in [0.15, 0.2) is 0 Å². The molecular formula is C11H15ClN2O2S. The number of carbonyl (C=O) groups excluding carboxylic acids is 1. The van der Waals surface area contributed by atoms with Gasteiger partial charge in [-0.3, -0.25) is 9.00 Å². The maximum atomic E-state index is 11.6. The molecule has 0 radical (unpaired) electrons. The summed E-state index contributed by atoms with van der Waals surface area (Å²) in [5.41, 5.74) is 0.472. The second-order valence-electron chi connectivity index (χ2n) is 3.72. The first kappa shape index (κ1) is 14.1. The van der Waals surface area contributed by atoms with Gasteiger partial charge in [0.1, 0.15) is 5.15 Å². The highest BCUT2D eigenvalue weighted by Crippen LogP contribution is 2.05. The van der Waals surface area contributed by atoms with Crippen LogP contribution in [0.15, 0.2) is 18.3 Å². The molecule has 0 spiro atoms. The molecule has 2 atom stereocenters. The number of aromatic nitrogens is 1. The highest BCUT2D eigenvalue weighted by molar-refractivity contribution is 7.84. The fourth-order valence-electron chi connectivity index (χ4n) is 1.17. The van der Waals surface area contributed by atoms with Crippen molar-refractivity contribution in [1.29, 1.82) is 0 Å². The van der Waals surface area contributed by atoms with Crippen LogP contribution >= 0.6 is 11.6 Å². The second-order valence-corrected chi connectivity index (χ2v) is 5.91. The van der Waals surface area contributed by atoms with Crippen molar-refractivity contribution in [3.05, 3.63) is 29.0 Å². The predicted molar refractivity (Wildman–Crippen MR) is 69.7 cm³/mol. The standard InChI is InChI=1S/C11H15ClN2O2S/c1-8(17(2)16)5-6-13-11(15)9-3-4-10(12)14-7-9/h3-4,7-8H,5-6H2,1-2H3,(H,13,15). The summed E-state index contributed by atoms with van der Waals surface area (Å²) in [5, 5.41) is 3.19. The Morgan fingerprint density at radius 1 is 1.59 bits per heavy atom. The van der Waals surface area contributed by atoms with E-state index in [1.165, 1.54) is 6.20 Å². The largest absolute Gasteiger partial charge is 0.352 e. The monoisotopic (exact) mass is 274 g/mol. The van der Waals surface area contributed by atoms with Crippen LogP contribution in [-0.4, -0.2) is 33.2 Å². The fraction of sp³-hybridized carbons (Fsp3) is 0.455. The number of carbonyl (C=O) groups is 1. The van der Waals surface area contributed by atoms with Gasteiger partial charge in [-0.2, -0.15) is 0 Å². The first-order chi connectivity index (χ1) is 8.00. The van der Waals surface area contributed by atoms with Gasteiger partial charge in [-0.1, -0.05) is 18.5 Å². The Bertz CT molecular complexity index is 408. The lowest BCUT2D eigenvalue weighted by Crippen LogP contribution is -2.27. The second kappa shape index (κ2) is 6.71. The van der Waals surface area contributed by atoms with Crippen molar-refractivity contribution >= 4 is 28.3 Å². The zero-order valence-corrected chi connectivity index (χ0v) is 11.3. The van der Waals surface area contributed by atoms with Crippen molar-refractivity contribution in [1.82, 2.24) is 10.3 Å². The molecule has 0 bridgehead atoms.